The minimum atomic E-state index is -0.472. The summed E-state index contributed by atoms with van der Waals surface area (Å²) in [5.74, 6) is 0.323. The zero-order valence-corrected chi connectivity index (χ0v) is 12.7. The molecular weight excluding hydrogens is 242 g/mol. The van der Waals surface area contributed by atoms with Crippen molar-refractivity contribution < 1.29 is 14.3 Å². The van der Waals surface area contributed by atoms with Crippen LogP contribution in [0.4, 0.5) is 4.79 Å². The summed E-state index contributed by atoms with van der Waals surface area (Å²) in [6.45, 7) is 8.86. The second-order valence-corrected chi connectivity index (χ2v) is 6.34. The SMILES string of the molecule is CCCCCC(=O)C1CCN(C(=O)OC(C)(C)C)C1. The van der Waals surface area contributed by atoms with Crippen molar-refractivity contribution in [1.82, 2.24) is 4.90 Å². The van der Waals surface area contributed by atoms with Gasteiger partial charge in [0.15, 0.2) is 0 Å². The average molecular weight is 269 g/mol. The van der Waals surface area contributed by atoms with Crippen molar-refractivity contribution in [1.29, 1.82) is 0 Å². The van der Waals surface area contributed by atoms with Crippen LogP contribution in [0.1, 0.15) is 59.8 Å². The number of hydrogen-bond acceptors (Lipinski definition) is 3. The molecule has 0 spiro atoms. The minimum absolute atomic E-state index is 0.0179. The molecule has 110 valence electrons. The second-order valence-electron chi connectivity index (χ2n) is 6.34. The molecule has 4 nitrogen and oxygen atoms in total. The number of carbonyl (C=O) groups excluding carboxylic acids is 2. The lowest BCUT2D eigenvalue weighted by Crippen LogP contribution is -2.35. The zero-order valence-electron chi connectivity index (χ0n) is 12.7. The molecule has 1 aliphatic rings. The van der Waals surface area contributed by atoms with E-state index in [0.717, 1.165) is 25.7 Å². The largest absolute Gasteiger partial charge is 0.444 e. The molecule has 1 fully saturated rings. The smallest absolute Gasteiger partial charge is 0.410 e. The Hall–Kier alpha value is -1.06. The Kier molecular flexibility index (Phi) is 5.83. The van der Waals surface area contributed by atoms with Gasteiger partial charge >= 0.3 is 6.09 Å². The van der Waals surface area contributed by atoms with E-state index in [4.69, 9.17) is 4.74 Å². The molecule has 0 aromatic rings. The van der Waals surface area contributed by atoms with Crippen molar-refractivity contribution in [2.75, 3.05) is 13.1 Å². The number of unbranched alkanes of at least 4 members (excludes halogenated alkanes) is 2. The highest BCUT2D eigenvalue weighted by Gasteiger charge is 2.32. The van der Waals surface area contributed by atoms with Crippen molar-refractivity contribution in [2.45, 2.75) is 65.4 Å². The van der Waals surface area contributed by atoms with E-state index in [1.807, 2.05) is 20.8 Å². The molecule has 0 N–H and O–H groups in total. The van der Waals surface area contributed by atoms with Gasteiger partial charge in [-0.05, 0) is 33.6 Å². The number of Topliss-reactive ketones (excluding diaryl/α,β-unsaturated/α-hetero) is 1. The Labute approximate surface area is 116 Å². The molecule has 0 aromatic heterocycles. The van der Waals surface area contributed by atoms with Crippen LogP contribution in [-0.4, -0.2) is 35.5 Å². The molecule has 1 atom stereocenters. The molecule has 1 rings (SSSR count). The third-order valence-corrected chi connectivity index (χ3v) is 3.32. The number of hydrogen-bond donors (Lipinski definition) is 0. The summed E-state index contributed by atoms with van der Waals surface area (Å²) in [5.41, 5.74) is -0.472. The fourth-order valence-electron chi connectivity index (χ4n) is 2.27. The Balaban J connectivity index is 2.36. The van der Waals surface area contributed by atoms with Crippen molar-refractivity contribution in [3.8, 4) is 0 Å². The second kappa shape index (κ2) is 6.92. The van der Waals surface area contributed by atoms with E-state index >= 15 is 0 Å². The van der Waals surface area contributed by atoms with Crippen molar-refractivity contribution >= 4 is 11.9 Å². The third-order valence-electron chi connectivity index (χ3n) is 3.32. The van der Waals surface area contributed by atoms with Crippen LogP contribution in [-0.2, 0) is 9.53 Å². The zero-order chi connectivity index (χ0) is 14.5. The van der Waals surface area contributed by atoms with Gasteiger partial charge < -0.3 is 9.64 Å². The minimum Gasteiger partial charge on any atom is -0.444 e. The van der Waals surface area contributed by atoms with Crippen molar-refractivity contribution in [3.05, 3.63) is 0 Å². The number of amides is 1. The Morgan fingerprint density at radius 2 is 1.95 bits per heavy atom. The number of ether oxygens (including phenoxy) is 1. The van der Waals surface area contributed by atoms with E-state index in [0.29, 0.717) is 25.3 Å². The number of nitrogens with zero attached hydrogens (tertiary/aromatic N) is 1. The highest BCUT2D eigenvalue weighted by molar-refractivity contribution is 5.82. The molecule has 4 heteroatoms. The maximum absolute atomic E-state index is 12.0. The summed E-state index contributed by atoms with van der Waals surface area (Å²) < 4.78 is 5.32. The normalized spacial score (nSPS) is 19.6. The monoisotopic (exact) mass is 269 g/mol. The third kappa shape index (κ3) is 5.62. The molecule has 1 aliphatic heterocycles. The summed E-state index contributed by atoms with van der Waals surface area (Å²) in [6, 6.07) is 0. The Morgan fingerprint density at radius 1 is 1.26 bits per heavy atom. The average Bonchev–Trinajstić information content (AvgIpc) is 2.76. The predicted octanol–water partition coefficient (Wildman–Crippen LogP) is 3.39. The Bertz CT molecular complexity index is 320. The van der Waals surface area contributed by atoms with Crippen LogP contribution in [0.2, 0.25) is 0 Å². The van der Waals surface area contributed by atoms with Gasteiger partial charge in [-0.3, -0.25) is 4.79 Å². The van der Waals surface area contributed by atoms with E-state index < -0.39 is 5.60 Å². The summed E-state index contributed by atoms with van der Waals surface area (Å²) in [6.07, 6.45) is 4.34. The molecule has 0 aliphatic carbocycles. The van der Waals surface area contributed by atoms with E-state index in [1.54, 1.807) is 4.90 Å². The number of rotatable bonds is 5. The first-order valence-corrected chi connectivity index (χ1v) is 7.34. The van der Waals surface area contributed by atoms with Crippen molar-refractivity contribution in [2.24, 2.45) is 5.92 Å². The van der Waals surface area contributed by atoms with Crippen molar-refractivity contribution in [3.63, 3.8) is 0 Å². The lowest BCUT2D eigenvalue weighted by molar-refractivity contribution is -0.122. The van der Waals surface area contributed by atoms with Gasteiger partial charge in [-0.2, -0.15) is 0 Å². The van der Waals surface area contributed by atoms with Crippen LogP contribution in [0, 0.1) is 5.92 Å². The fourth-order valence-corrected chi connectivity index (χ4v) is 2.27. The van der Waals surface area contributed by atoms with Gasteiger partial charge in [0.1, 0.15) is 11.4 Å². The van der Waals surface area contributed by atoms with Crippen LogP contribution in [0.3, 0.4) is 0 Å². The molecule has 1 saturated heterocycles. The standard InChI is InChI=1S/C15H27NO3/c1-5-6-7-8-13(17)12-9-10-16(11-12)14(18)19-15(2,3)4/h12H,5-11H2,1-4H3. The Morgan fingerprint density at radius 3 is 2.53 bits per heavy atom. The molecule has 0 bridgehead atoms. The topological polar surface area (TPSA) is 46.6 Å². The molecule has 1 unspecified atom stereocenters. The molecule has 0 saturated carbocycles. The van der Waals surface area contributed by atoms with Crippen LogP contribution >= 0.6 is 0 Å². The van der Waals surface area contributed by atoms with E-state index in [9.17, 15) is 9.59 Å². The summed E-state index contributed by atoms with van der Waals surface area (Å²) in [4.78, 5) is 25.5. The van der Waals surface area contributed by atoms with E-state index in [1.165, 1.54) is 0 Å². The number of likely N-dealkylation sites (tertiary alicyclic amines) is 1. The van der Waals surface area contributed by atoms with Crippen LogP contribution < -0.4 is 0 Å². The molecule has 0 radical (unpaired) electrons. The van der Waals surface area contributed by atoms with Gasteiger partial charge in [-0.15, -0.1) is 0 Å². The number of ketones is 1. The summed E-state index contributed by atoms with van der Waals surface area (Å²) >= 11 is 0. The van der Waals surface area contributed by atoms with Gasteiger partial charge in [0.2, 0.25) is 0 Å². The molecule has 1 heterocycles. The van der Waals surface area contributed by atoms with E-state index in [-0.39, 0.29) is 12.0 Å². The highest BCUT2D eigenvalue weighted by Crippen LogP contribution is 2.22. The molecule has 1 amide bonds. The molecule has 0 aromatic carbocycles. The first kappa shape index (κ1) is 16.0. The van der Waals surface area contributed by atoms with Gasteiger partial charge in [0.25, 0.3) is 0 Å². The quantitative estimate of drug-likeness (QED) is 0.719. The summed E-state index contributed by atoms with van der Waals surface area (Å²) in [7, 11) is 0. The van der Waals surface area contributed by atoms with Gasteiger partial charge in [-0.1, -0.05) is 19.8 Å². The first-order valence-electron chi connectivity index (χ1n) is 7.34. The van der Waals surface area contributed by atoms with Gasteiger partial charge in [0.05, 0.1) is 0 Å². The van der Waals surface area contributed by atoms with Crippen LogP contribution in [0.5, 0.6) is 0 Å². The van der Waals surface area contributed by atoms with E-state index in [2.05, 4.69) is 6.92 Å². The molecular formula is C15H27NO3. The highest BCUT2D eigenvalue weighted by atomic mass is 16.6. The fraction of sp³-hybridized carbons (Fsp3) is 0.867. The van der Waals surface area contributed by atoms with Crippen LogP contribution in [0.25, 0.3) is 0 Å². The molecule has 19 heavy (non-hydrogen) atoms. The first-order chi connectivity index (χ1) is 8.83. The lowest BCUT2D eigenvalue weighted by Gasteiger charge is -2.24. The van der Waals surface area contributed by atoms with Crippen LogP contribution in [0.15, 0.2) is 0 Å². The van der Waals surface area contributed by atoms with Gasteiger partial charge in [0, 0.05) is 25.4 Å². The lowest BCUT2D eigenvalue weighted by atomic mass is 9.98. The summed E-state index contributed by atoms with van der Waals surface area (Å²) in [5, 5.41) is 0. The van der Waals surface area contributed by atoms with Gasteiger partial charge in [-0.25, -0.2) is 4.79 Å². The predicted molar refractivity (Wildman–Crippen MR) is 75.1 cm³/mol. The number of carbonyl (C=O) groups is 2. The maximum atomic E-state index is 12.0. The maximum Gasteiger partial charge on any atom is 0.410 e.